The second-order valence-electron chi connectivity index (χ2n) is 6.66. The van der Waals surface area contributed by atoms with Gasteiger partial charge in [0.05, 0.1) is 0 Å². The first-order valence-electron chi connectivity index (χ1n) is 8.33. The normalized spacial score (nSPS) is 13.0. The Labute approximate surface area is 140 Å². The molecule has 0 aliphatic rings. The van der Waals surface area contributed by atoms with Crippen LogP contribution in [0.15, 0.2) is 48.6 Å². The van der Waals surface area contributed by atoms with Crippen molar-refractivity contribution in [3.05, 3.63) is 64.7 Å². The summed E-state index contributed by atoms with van der Waals surface area (Å²) in [6.45, 7) is 13.2. The maximum absolute atomic E-state index is 4.27. The highest BCUT2D eigenvalue weighted by molar-refractivity contribution is 5.63. The minimum absolute atomic E-state index is 0.153. The topological polar surface area (TPSA) is 3.88 Å². The highest BCUT2D eigenvalue weighted by atomic mass is 14.9. The Morgan fingerprint density at radius 2 is 1.83 bits per heavy atom. The van der Waals surface area contributed by atoms with E-state index in [2.05, 4.69) is 87.5 Å². The zero-order valence-electron chi connectivity index (χ0n) is 15.1. The molecule has 0 atom stereocenters. The van der Waals surface area contributed by atoms with Gasteiger partial charge in [-0.25, -0.2) is 0 Å². The second kappa shape index (κ2) is 6.95. The van der Waals surface area contributed by atoms with Crippen LogP contribution in [0.25, 0.3) is 23.9 Å². The van der Waals surface area contributed by atoms with Crippen molar-refractivity contribution in [1.29, 1.82) is 0 Å². The van der Waals surface area contributed by atoms with Crippen LogP contribution in [-0.2, 0) is 12.5 Å². The van der Waals surface area contributed by atoms with Crippen LogP contribution in [0.5, 0.6) is 0 Å². The van der Waals surface area contributed by atoms with Gasteiger partial charge in [0.2, 0.25) is 11.0 Å². The molecule has 0 fully saturated rings. The summed E-state index contributed by atoms with van der Waals surface area (Å²) < 4.78 is 2.19. The minimum Gasteiger partial charge on any atom is -0.195 e. The van der Waals surface area contributed by atoms with E-state index >= 15 is 0 Å². The number of rotatable bonds is 4. The molecule has 0 N–H and O–H groups in total. The van der Waals surface area contributed by atoms with Crippen molar-refractivity contribution in [2.75, 3.05) is 0 Å². The van der Waals surface area contributed by atoms with Crippen LogP contribution in [0.3, 0.4) is 0 Å². The van der Waals surface area contributed by atoms with E-state index < -0.39 is 0 Å². The third kappa shape index (κ3) is 3.44. The summed E-state index contributed by atoms with van der Waals surface area (Å²) in [6.07, 6.45) is 7.30. The first-order valence-corrected chi connectivity index (χ1v) is 8.33. The molecule has 1 heteroatoms. The first kappa shape index (κ1) is 17.2. The van der Waals surface area contributed by atoms with Crippen molar-refractivity contribution < 1.29 is 4.57 Å². The van der Waals surface area contributed by atoms with Crippen LogP contribution in [0.4, 0.5) is 0 Å². The molecule has 2 rings (SSSR count). The molecule has 2 aromatic rings. The van der Waals surface area contributed by atoms with E-state index in [9.17, 15) is 0 Å². The van der Waals surface area contributed by atoms with Gasteiger partial charge in [-0.2, -0.15) is 4.57 Å². The quantitative estimate of drug-likeness (QED) is 0.760. The molecular weight excluding hydrogens is 278 g/mol. The summed E-state index contributed by atoms with van der Waals surface area (Å²) in [5.74, 6) is 0. The molecule has 0 saturated heterocycles. The maximum Gasteiger partial charge on any atom is 0.213 e. The van der Waals surface area contributed by atoms with Crippen LogP contribution < -0.4 is 15.1 Å². The summed E-state index contributed by atoms with van der Waals surface area (Å²) in [6, 6.07) is 13.1. The van der Waals surface area contributed by atoms with Gasteiger partial charge in [-0.1, -0.05) is 51.1 Å². The standard InChI is InChI=1S/C22H28N/c1-7-9-12-18-15-16-21(23(6)17(18)3)19-13-10-11-14-20(19)22(4,5)8-2/h7,9-16H,3,8H2,1-2,4-6H3/q+1/b9-7-,18-12-. The lowest BCUT2D eigenvalue weighted by molar-refractivity contribution is -0.674. The fraction of sp³-hybridized carbons (Fsp3) is 0.318. The zero-order valence-corrected chi connectivity index (χ0v) is 15.1. The number of aromatic nitrogens is 1. The molecule has 23 heavy (non-hydrogen) atoms. The van der Waals surface area contributed by atoms with E-state index in [0.717, 1.165) is 17.0 Å². The predicted molar refractivity (Wildman–Crippen MR) is 100 cm³/mol. The number of hydrogen-bond acceptors (Lipinski definition) is 0. The molecule has 1 heterocycles. The van der Waals surface area contributed by atoms with Crippen LogP contribution in [0, 0.1) is 0 Å². The van der Waals surface area contributed by atoms with E-state index in [1.165, 1.54) is 16.8 Å². The van der Waals surface area contributed by atoms with Gasteiger partial charge in [0, 0.05) is 16.8 Å². The summed E-state index contributed by atoms with van der Waals surface area (Å²) in [7, 11) is 2.10. The molecule has 0 bridgehead atoms. The number of allylic oxidation sites excluding steroid dienone is 2. The average molecular weight is 306 g/mol. The largest absolute Gasteiger partial charge is 0.213 e. The van der Waals surface area contributed by atoms with Crippen molar-refractivity contribution in [1.82, 2.24) is 0 Å². The molecule has 120 valence electrons. The maximum atomic E-state index is 4.27. The third-order valence-corrected chi connectivity index (χ3v) is 4.80. The minimum atomic E-state index is 0.153. The predicted octanol–water partition coefficient (Wildman–Crippen LogP) is 3.63. The SMILES string of the molecule is C=c1/c(=C\C=C/C)ccc(-c2ccccc2C(C)(C)CC)[n+]1C. The summed E-state index contributed by atoms with van der Waals surface area (Å²) >= 11 is 0. The monoisotopic (exact) mass is 306 g/mol. The third-order valence-electron chi connectivity index (χ3n) is 4.80. The number of hydrogen-bond donors (Lipinski definition) is 0. The lowest BCUT2D eigenvalue weighted by Crippen LogP contribution is -2.55. The second-order valence-corrected chi connectivity index (χ2v) is 6.66. The molecule has 0 aliphatic carbocycles. The Morgan fingerprint density at radius 3 is 2.48 bits per heavy atom. The first-order chi connectivity index (χ1) is 10.9. The molecule has 0 radical (unpaired) electrons. The molecular formula is C22H28N+. The molecule has 0 aliphatic heterocycles. The van der Waals surface area contributed by atoms with Crippen molar-refractivity contribution in [2.24, 2.45) is 7.05 Å². The van der Waals surface area contributed by atoms with Crippen molar-refractivity contribution >= 4 is 12.7 Å². The Bertz CT molecular complexity index is 826. The molecule has 1 aromatic heterocycles. The lowest BCUT2D eigenvalue weighted by Gasteiger charge is -2.25. The van der Waals surface area contributed by atoms with Gasteiger partial charge in [-0.3, -0.25) is 0 Å². The van der Waals surface area contributed by atoms with E-state index in [4.69, 9.17) is 0 Å². The van der Waals surface area contributed by atoms with Crippen molar-refractivity contribution in [3.8, 4) is 11.3 Å². The Hall–Kier alpha value is -2.15. The van der Waals surface area contributed by atoms with Gasteiger partial charge in [0.25, 0.3) is 0 Å². The van der Waals surface area contributed by atoms with Gasteiger partial charge in [-0.15, -0.1) is 0 Å². The summed E-state index contributed by atoms with van der Waals surface area (Å²) in [5.41, 5.74) is 4.05. The lowest BCUT2D eigenvalue weighted by atomic mass is 9.79. The summed E-state index contributed by atoms with van der Waals surface area (Å²) in [4.78, 5) is 0. The summed E-state index contributed by atoms with van der Waals surface area (Å²) in [5, 5.41) is 2.19. The molecule has 1 nitrogen and oxygen atoms in total. The fourth-order valence-corrected chi connectivity index (χ4v) is 2.82. The van der Waals surface area contributed by atoms with Gasteiger partial charge in [0.1, 0.15) is 7.05 Å². The van der Waals surface area contributed by atoms with Crippen LogP contribution >= 0.6 is 0 Å². The van der Waals surface area contributed by atoms with Gasteiger partial charge < -0.3 is 0 Å². The Kier molecular flexibility index (Phi) is 5.20. The van der Waals surface area contributed by atoms with E-state index in [1.807, 2.05) is 13.0 Å². The Morgan fingerprint density at radius 1 is 1.13 bits per heavy atom. The van der Waals surface area contributed by atoms with Crippen LogP contribution in [0.1, 0.15) is 39.7 Å². The Balaban J connectivity index is 2.71. The highest BCUT2D eigenvalue weighted by Gasteiger charge is 2.24. The zero-order chi connectivity index (χ0) is 17.0. The van der Waals surface area contributed by atoms with Crippen LogP contribution in [0.2, 0.25) is 0 Å². The van der Waals surface area contributed by atoms with Crippen molar-refractivity contribution in [2.45, 2.75) is 39.5 Å². The van der Waals surface area contributed by atoms with E-state index in [0.29, 0.717) is 0 Å². The number of nitrogens with zero attached hydrogens (tertiary/aromatic N) is 1. The molecule has 0 amide bonds. The molecule has 1 aromatic carbocycles. The average Bonchev–Trinajstić information content (AvgIpc) is 2.56. The number of pyridine rings is 1. The van der Waals surface area contributed by atoms with E-state index in [1.54, 1.807) is 0 Å². The molecule has 0 unspecified atom stereocenters. The highest BCUT2D eigenvalue weighted by Crippen LogP contribution is 2.33. The van der Waals surface area contributed by atoms with Gasteiger partial charge >= 0.3 is 0 Å². The molecule has 0 saturated carbocycles. The van der Waals surface area contributed by atoms with E-state index in [-0.39, 0.29) is 5.41 Å². The van der Waals surface area contributed by atoms with Crippen molar-refractivity contribution in [3.63, 3.8) is 0 Å². The van der Waals surface area contributed by atoms with Gasteiger partial charge in [-0.05, 0) is 49.1 Å². The van der Waals surface area contributed by atoms with Crippen LogP contribution in [-0.4, -0.2) is 0 Å². The van der Waals surface area contributed by atoms with Gasteiger partial charge in [0.15, 0.2) is 0 Å². The number of benzene rings is 1. The molecule has 0 spiro atoms. The smallest absolute Gasteiger partial charge is 0.195 e. The fourth-order valence-electron chi connectivity index (χ4n) is 2.82.